The second-order valence-electron chi connectivity index (χ2n) is 9.69. The number of fused-ring (bicyclic) bond motifs is 1. The lowest BCUT2D eigenvalue weighted by Crippen LogP contribution is -2.56. The number of thioether (sulfide) groups is 1. The number of aliphatic imine (C=N–C) groups is 1. The number of halogens is 1. The quantitative estimate of drug-likeness (QED) is 0.519. The van der Waals surface area contributed by atoms with Crippen LogP contribution in [0.4, 0.5) is 5.69 Å². The van der Waals surface area contributed by atoms with Gasteiger partial charge in [0.25, 0.3) is 0 Å². The van der Waals surface area contributed by atoms with Crippen LogP contribution >= 0.6 is 23.4 Å². The number of carbonyl (C=O) groups is 1. The van der Waals surface area contributed by atoms with E-state index in [-0.39, 0.29) is 24.0 Å². The van der Waals surface area contributed by atoms with Crippen molar-refractivity contribution in [3.05, 3.63) is 28.9 Å². The van der Waals surface area contributed by atoms with Gasteiger partial charge in [0.05, 0.1) is 42.3 Å². The Kier molecular flexibility index (Phi) is 7.39. The maximum absolute atomic E-state index is 12.0. The minimum absolute atomic E-state index is 0.00650. The van der Waals surface area contributed by atoms with Crippen LogP contribution in [-0.4, -0.2) is 71.1 Å². The number of morpholine rings is 1. The summed E-state index contributed by atoms with van der Waals surface area (Å²) in [5, 5.41) is 9.76. The van der Waals surface area contributed by atoms with Gasteiger partial charge in [-0.2, -0.15) is 0 Å². The fourth-order valence-corrected chi connectivity index (χ4v) is 6.77. The highest BCUT2D eigenvalue weighted by Gasteiger charge is 2.35. The van der Waals surface area contributed by atoms with E-state index in [1.165, 1.54) is 25.7 Å². The fraction of sp³-hybridized carbons (Fsp3) is 0.600. The number of hydrogen-bond donors (Lipinski definition) is 3. The molecule has 2 aromatic rings. The average Bonchev–Trinajstić information content (AvgIpc) is 3.58. The molecule has 3 aliphatic rings. The van der Waals surface area contributed by atoms with Gasteiger partial charge in [0.2, 0.25) is 5.91 Å². The summed E-state index contributed by atoms with van der Waals surface area (Å²) in [5.74, 6) is 1.08. The zero-order valence-electron chi connectivity index (χ0n) is 19.9. The molecule has 7 nitrogen and oxygen atoms in total. The van der Waals surface area contributed by atoms with Crippen molar-refractivity contribution in [3.8, 4) is 0 Å². The minimum Gasteiger partial charge on any atom is -0.381 e. The van der Waals surface area contributed by atoms with Gasteiger partial charge in [-0.25, -0.2) is 0 Å². The summed E-state index contributed by atoms with van der Waals surface area (Å²) in [5.41, 5.74) is 3.21. The molecule has 1 amide bonds. The number of benzene rings is 1. The Morgan fingerprint density at radius 2 is 2.03 bits per heavy atom. The number of H-pyrrole nitrogens is 1. The number of carbonyl (C=O) groups excluding carboxylic acids is 1. The second kappa shape index (κ2) is 10.5. The number of rotatable bonds is 7. The van der Waals surface area contributed by atoms with Crippen LogP contribution in [0.5, 0.6) is 0 Å². The van der Waals surface area contributed by atoms with Gasteiger partial charge < -0.3 is 20.4 Å². The molecule has 1 saturated heterocycles. The van der Waals surface area contributed by atoms with E-state index in [1.807, 2.05) is 12.1 Å². The summed E-state index contributed by atoms with van der Waals surface area (Å²) in [6.45, 7) is 6.83. The fourth-order valence-electron chi connectivity index (χ4n) is 5.36. The standard InChI is InChI=1S/C25H34ClN5O2S/c1-15(24(27-16(2)32)31-7-9-33-10-8-31)22-14-34-25(30-22)21-12-17-11-18(26)13-20(23(17)29-21)28-19-5-3-4-6-19/h11-13,15,19,22,24,28-29H,3-10,14H2,1-2H3,(H,27,32)/t15?,22-,24?/m0/s1. The van der Waals surface area contributed by atoms with Crippen LogP contribution in [-0.2, 0) is 9.53 Å². The summed E-state index contributed by atoms with van der Waals surface area (Å²) >= 11 is 8.24. The molecule has 3 heterocycles. The molecule has 0 spiro atoms. The lowest BCUT2D eigenvalue weighted by molar-refractivity contribution is -0.122. The maximum Gasteiger partial charge on any atom is 0.218 e. The summed E-state index contributed by atoms with van der Waals surface area (Å²) in [6.07, 6.45) is 4.95. The summed E-state index contributed by atoms with van der Waals surface area (Å²) in [4.78, 5) is 23.0. The molecule has 34 heavy (non-hydrogen) atoms. The van der Waals surface area contributed by atoms with Crippen LogP contribution in [0.15, 0.2) is 23.2 Å². The van der Waals surface area contributed by atoms with Gasteiger partial charge in [0.1, 0.15) is 5.04 Å². The zero-order valence-corrected chi connectivity index (χ0v) is 21.5. The van der Waals surface area contributed by atoms with Gasteiger partial charge in [0.15, 0.2) is 0 Å². The van der Waals surface area contributed by atoms with E-state index in [2.05, 4.69) is 33.5 Å². The Morgan fingerprint density at radius 3 is 2.76 bits per heavy atom. The number of nitrogens with zero attached hydrogens (tertiary/aromatic N) is 2. The largest absolute Gasteiger partial charge is 0.381 e. The van der Waals surface area contributed by atoms with Crippen molar-refractivity contribution in [2.75, 3.05) is 37.4 Å². The Balaban J connectivity index is 1.37. The number of ether oxygens (including phenoxy) is 1. The average molecular weight is 504 g/mol. The first-order chi connectivity index (χ1) is 16.5. The molecular formula is C25H34ClN5O2S. The molecule has 184 valence electrons. The molecule has 1 saturated carbocycles. The molecule has 0 bridgehead atoms. The lowest BCUT2D eigenvalue weighted by atomic mass is 9.98. The van der Waals surface area contributed by atoms with Crippen molar-refractivity contribution >= 4 is 50.9 Å². The molecule has 5 rings (SSSR count). The predicted molar refractivity (Wildman–Crippen MR) is 141 cm³/mol. The van der Waals surface area contributed by atoms with E-state index in [1.54, 1.807) is 18.7 Å². The monoisotopic (exact) mass is 503 g/mol. The van der Waals surface area contributed by atoms with E-state index in [0.717, 1.165) is 51.2 Å². The van der Waals surface area contributed by atoms with Crippen molar-refractivity contribution in [1.29, 1.82) is 0 Å². The van der Waals surface area contributed by atoms with Crippen LogP contribution in [0.2, 0.25) is 5.02 Å². The highest BCUT2D eigenvalue weighted by Crippen LogP contribution is 2.35. The first kappa shape index (κ1) is 24.0. The van der Waals surface area contributed by atoms with Crippen molar-refractivity contribution < 1.29 is 9.53 Å². The smallest absolute Gasteiger partial charge is 0.218 e. The maximum atomic E-state index is 12.0. The van der Waals surface area contributed by atoms with Crippen LogP contribution in [0.25, 0.3) is 10.9 Å². The third kappa shape index (κ3) is 5.25. The molecule has 3 N–H and O–H groups in total. The van der Waals surface area contributed by atoms with E-state index < -0.39 is 0 Å². The predicted octanol–water partition coefficient (Wildman–Crippen LogP) is 4.47. The van der Waals surface area contributed by atoms with E-state index in [0.29, 0.717) is 19.3 Å². The first-order valence-corrected chi connectivity index (χ1v) is 13.7. The van der Waals surface area contributed by atoms with Gasteiger partial charge in [-0.3, -0.25) is 14.7 Å². The zero-order chi connectivity index (χ0) is 23.7. The molecule has 1 aliphatic carbocycles. The normalized spacial score (nSPS) is 23.7. The van der Waals surface area contributed by atoms with E-state index in [9.17, 15) is 4.79 Å². The number of aromatic amines is 1. The highest BCUT2D eigenvalue weighted by atomic mass is 35.5. The number of nitrogens with one attached hydrogen (secondary N) is 3. The molecule has 0 radical (unpaired) electrons. The Bertz CT molecular complexity index is 1060. The third-order valence-electron chi connectivity index (χ3n) is 7.21. The van der Waals surface area contributed by atoms with Gasteiger partial charge in [-0.1, -0.05) is 31.4 Å². The summed E-state index contributed by atoms with van der Waals surface area (Å²) < 4.78 is 5.52. The number of anilines is 1. The molecular weight excluding hydrogens is 470 g/mol. The SMILES string of the molecule is CC(=O)NC(C(C)[C@@H]1CSC(c2cc3cc(Cl)cc(NC4CCCC4)c3[nH]2)=N1)N1CCOCC1. The van der Waals surface area contributed by atoms with Crippen molar-refractivity contribution in [2.45, 2.75) is 57.8 Å². The molecule has 3 atom stereocenters. The molecule has 1 aromatic carbocycles. The Morgan fingerprint density at radius 1 is 1.26 bits per heavy atom. The van der Waals surface area contributed by atoms with Crippen LogP contribution in [0.1, 0.15) is 45.2 Å². The molecule has 2 unspecified atom stereocenters. The van der Waals surface area contributed by atoms with Crippen molar-refractivity contribution in [2.24, 2.45) is 10.9 Å². The van der Waals surface area contributed by atoms with Gasteiger partial charge >= 0.3 is 0 Å². The lowest BCUT2D eigenvalue weighted by Gasteiger charge is -2.39. The highest BCUT2D eigenvalue weighted by molar-refractivity contribution is 8.14. The van der Waals surface area contributed by atoms with Crippen LogP contribution in [0.3, 0.4) is 0 Å². The number of amides is 1. The third-order valence-corrected chi connectivity index (χ3v) is 8.53. The Hall–Kier alpha value is -1.74. The van der Waals surface area contributed by atoms with E-state index >= 15 is 0 Å². The first-order valence-electron chi connectivity index (χ1n) is 12.4. The number of aromatic nitrogens is 1. The van der Waals surface area contributed by atoms with Crippen molar-refractivity contribution in [3.63, 3.8) is 0 Å². The summed E-state index contributed by atoms with van der Waals surface area (Å²) in [7, 11) is 0. The summed E-state index contributed by atoms with van der Waals surface area (Å²) in [6, 6.07) is 6.85. The van der Waals surface area contributed by atoms with E-state index in [4.69, 9.17) is 21.3 Å². The van der Waals surface area contributed by atoms with Gasteiger partial charge in [-0.15, -0.1) is 11.8 Å². The molecule has 2 fully saturated rings. The van der Waals surface area contributed by atoms with Crippen LogP contribution in [0, 0.1) is 5.92 Å². The Labute approximate surface area is 210 Å². The topological polar surface area (TPSA) is 81.8 Å². The second-order valence-corrected chi connectivity index (χ2v) is 11.1. The molecule has 1 aromatic heterocycles. The number of hydrogen-bond acceptors (Lipinski definition) is 6. The van der Waals surface area contributed by atoms with Crippen molar-refractivity contribution in [1.82, 2.24) is 15.2 Å². The molecule has 2 aliphatic heterocycles. The minimum atomic E-state index is -0.0427. The van der Waals surface area contributed by atoms with Gasteiger partial charge in [0, 0.05) is 48.1 Å². The van der Waals surface area contributed by atoms with Gasteiger partial charge in [-0.05, 0) is 31.0 Å². The van der Waals surface area contributed by atoms with Crippen LogP contribution < -0.4 is 10.6 Å². The molecule has 9 heteroatoms.